The Morgan fingerprint density at radius 2 is 2.39 bits per heavy atom. The van der Waals surface area contributed by atoms with Gasteiger partial charge in [0.1, 0.15) is 0 Å². The third-order valence-electron chi connectivity index (χ3n) is 2.99. The van der Waals surface area contributed by atoms with Crippen LogP contribution in [0, 0.1) is 10.1 Å². The molecule has 1 unspecified atom stereocenters. The van der Waals surface area contributed by atoms with Gasteiger partial charge < -0.3 is 10.1 Å². The highest BCUT2D eigenvalue weighted by atomic mass is 35.5. The van der Waals surface area contributed by atoms with Crippen LogP contribution < -0.4 is 5.32 Å². The lowest BCUT2D eigenvalue weighted by molar-refractivity contribution is -0.385. The molecule has 0 aliphatic carbocycles. The highest BCUT2D eigenvalue weighted by molar-refractivity contribution is 6.30. The van der Waals surface area contributed by atoms with E-state index in [0.717, 1.165) is 19.4 Å². The standard InChI is InChI=1S/C12H15ClN2O3/c13-10-4-3-9(12(6-10)15(16)17)7-14-11-2-1-5-18-8-11/h3-4,6,11,14H,1-2,5,7-8H2. The number of nitrogens with one attached hydrogen (secondary N) is 1. The van der Waals surface area contributed by atoms with Gasteiger partial charge in [0, 0.05) is 35.8 Å². The predicted molar refractivity (Wildman–Crippen MR) is 68.8 cm³/mol. The molecule has 98 valence electrons. The SMILES string of the molecule is O=[N+]([O-])c1cc(Cl)ccc1CNC1CCCOC1. The van der Waals surface area contributed by atoms with Crippen LogP contribution in [0.4, 0.5) is 5.69 Å². The van der Waals surface area contributed by atoms with Gasteiger partial charge >= 0.3 is 0 Å². The summed E-state index contributed by atoms with van der Waals surface area (Å²) in [7, 11) is 0. The maximum Gasteiger partial charge on any atom is 0.275 e. The van der Waals surface area contributed by atoms with Gasteiger partial charge in [0.2, 0.25) is 0 Å². The molecular weight excluding hydrogens is 256 g/mol. The molecule has 18 heavy (non-hydrogen) atoms. The van der Waals surface area contributed by atoms with E-state index in [0.29, 0.717) is 23.7 Å². The molecule has 1 aromatic rings. The summed E-state index contributed by atoms with van der Waals surface area (Å²) in [5.41, 5.74) is 0.710. The first-order valence-electron chi connectivity index (χ1n) is 5.91. The minimum atomic E-state index is -0.403. The topological polar surface area (TPSA) is 64.4 Å². The zero-order chi connectivity index (χ0) is 13.0. The second-order valence-corrected chi connectivity index (χ2v) is 4.76. The molecule has 5 nitrogen and oxygen atoms in total. The zero-order valence-electron chi connectivity index (χ0n) is 9.89. The van der Waals surface area contributed by atoms with Crippen molar-refractivity contribution in [3.63, 3.8) is 0 Å². The second-order valence-electron chi connectivity index (χ2n) is 4.33. The molecule has 0 radical (unpaired) electrons. The molecule has 1 atom stereocenters. The van der Waals surface area contributed by atoms with E-state index in [9.17, 15) is 10.1 Å². The average Bonchev–Trinajstić information content (AvgIpc) is 2.38. The molecular formula is C12H15ClN2O3. The molecule has 0 spiro atoms. The van der Waals surface area contributed by atoms with Gasteiger partial charge in [-0.3, -0.25) is 10.1 Å². The summed E-state index contributed by atoms with van der Waals surface area (Å²) < 4.78 is 5.35. The summed E-state index contributed by atoms with van der Waals surface area (Å²) in [5, 5.41) is 14.6. The van der Waals surface area contributed by atoms with Gasteiger partial charge in [-0.15, -0.1) is 0 Å². The third kappa shape index (κ3) is 3.41. The van der Waals surface area contributed by atoms with Crippen molar-refractivity contribution in [2.24, 2.45) is 0 Å². The van der Waals surface area contributed by atoms with Crippen LogP contribution in [0.5, 0.6) is 0 Å². The zero-order valence-corrected chi connectivity index (χ0v) is 10.7. The minimum absolute atomic E-state index is 0.0618. The molecule has 1 aliphatic rings. The van der Waals surface area contributed by atoms with Crippen molar-refractivity contribution in [3.05, 3.63) is 38.9 Å². The Bertz CT molecular complexity index is 433. The van der Waals surface area contributed by atoms with Crippen molar-refractivity contribution < 1.29 is 9.66 Å². The van der Waals surface area contributed by atoms with Crippen molar-refractivity contribution in [2.45, 2.75) is 25.4 Å². The van der Waals surface area contributed by atoms with Gasteiger partial charge in [-0.25, -0.2) is 0 Å². The minimum Gasteiger partial charge on any atom is -0.380 e. The number of nitrogens with zero attached hydrogens (tertiary/aromatic N) is 1. The van der Waals surface area contributed by atoms with Gasteiger partial charge in [-0.05, 0) is 25.0 Å². The summed E-state index contributed by atoms with van der Waals surface area (Å²) in [5.74, 6) is 0. The fourth-order valence-corrected chi connectivity index (χ4v) is 2.18. The van der Waals surface area contributed by atoms with Crippen LogP contribution in [0.1, 0.15) is 18.4 Å². The Morgan fingerprint density at radius 3 is 3.06 bits per heavy atom. The Morgan fingerprint density at radius 1 is 1.56 bits per heavy atom. The Labute approximate surface area is 110 Å². The quantitative estimate of drug-likeness (QED) is 0.674. The van der Waals surface area contributed by atoms with E-state index in [1.807, 2.05) is 0 Å². The third-order valence-corrected chi connectivity index (χ3v) is 3.22. The first kappa shape index (κ1) is 13.3. The van der Waals surface area contributed by atoms with E-state index in [1.54, 1.807) is 12.1 Å². The molecule has 0 saturated carbocycles. The molecule has 1 aromatic carbocycles. The summed E-state index contributed by atoms with van der Waals surface area (Å²) in [6.07, 6.45) is 2.07. The molecule has 1 heterocycles. The number of halogens is 1. The molecule has 0 bridgehead atoms. The second kappa shape index (κ2) is 6.13. The van der Waals surface area contributed by atoms with Gasteiger partial charge in [0.15, 0.2) is 0 Å². The van der Waals surface area contributed by atoms with E-state index in [-0.39, 0.29) is 11.7 Å². The van der Waals surface area contributed by atoms with Crippen molar-refractivity contribution in [2.75, 3.05) is 13.2 Å². The number of benzene rings is 1. The van der Waals surface area contributed by atoms with Crippen molar-refractivity contribution in [1.82, 2.24) is 5.32 Å². The predicted octanol–water partition coefficient (Wildman–Crippen LogP) is 2.52. The highest BCUT2D eigenvalue weighted by Gasteiger charge is 2.17. The normalized spacial score (nSPS) is 19.7. The molecule has 0 aromatic heterocycles. The van der Waals surface area contributed by atoms with Crippen LogP contribution in [0.25, 0.3) is 0 Å². The van der Waals surface area contributed by atoms with Gasteiger partial charge in [-0.1, -0.05) is 11.6 Å². The molecule has 2 rings (SSSR count). The number of nitro benzene ring substituents is 1. The van der Waals surface area contributed by atoms with Crippen molar-refractivity contribution >= 4 is 17.3 Å². The van der Waals surface area contributed by atoms with E-state index < -0.39 is 4.92 Å². The van der Waals surface area contributed by atoms with Crippen LogP contribution in [-0.4, -0.2) is 24.2 Å². The lowest BCUT2D eigenvalue weighted by atomic mass is 10.1. The number of ether oxygens (including phenoxy) is 1. The van der Waals surface area contributed by atoms with Gasteiger partial charge in [0.05, 0.1) is 11.5 Å². The Hall–Kier alpha value is -1.17. The van der Waals surface area contributed by atoms with Crippen LogP contribution in [0.2, 0.25) is 5.02 Å². The average molecular weight is 271 g/mol. The van der Waals surface area contributed by atoms with E-state index >= 15 is 0 Å². The molecule has 1 fully saturated rings. The maximum absolute atomic E-state index is 10.9. The molecule has 6 heteroatoms. The summed E-state index contributed by atoms with van der Waals surface area (Å²) in [4.78, 5) is 10.5. The monoisotopic (exact) mass is 270 g/mol. The highest BCUT2D eigenvalue weighted by Crippen LogP contribution is 2.23. The van der Waals surface area contributed by atoms with Crippen molar-refractivity contribution in [3.8, 4) is 0 Å². The first-order chi connectivity index (χ1) is 8.66. The first-order valence-corrected chi connectivity index (χ1v) is 6.28. The Balaban J connectivity index is 2.01. The summed E-state index contributed by atoms with van der Waals surface area (Å²) in [6, 6.07) is 5.02. The summed E-state index contributed by atoms with van der Waals surface area (Å²) in [6.45, 7) is 1.93. The number of rotatable bonds is 4. The van der Waals surface area contributed by atoms with E-state index in [4.69, 9.17) is 16.3 Å². The summed E-state index contributed by atoms with van der Waals surface area (Å²) >= 11 is 5.76. The van der Waals surface area contributed by atoms with Gasteiger partial charge in [0.25, 0.3) is 5.69 Å². The lowest BCUT2D eigenvalue weighted by Gasteiger charge is -2.23. The molecule has 1 saturated heterocycles. The smallest absolute Gasteiger partial charge is 0.275 e. The molecule has 0 amide bonds. The van der Waals surface area contributed by atoms with Crippen molar-refractivity contribution in [1.29, 1.82) is 0 Å². The maximum atomic E-state index is 10.9. The van der Waals surface area contributed by atoms with Crippen LogP contribution >= 0.6 is 11.6 Å². The van der Waals surface area contributed by atoms with Gasteiger partial charge in [-0.2, -0.15) is 0 Å². The number of nitro groups is 1. The molecule has 1 aliphatic heterocycles. The number of hydrogen-bond donors (Lipinski definition) is 1. The van der Waals surface area contributed by atoms with E-state index in [2.05, 4.69) is 5.32 Å². The fraction of sp³-hybridized carbons (Fsp3) is 0.500. The number of hydrogen-bond acceptors (Lipinski definition) is 4. The van der Waals surface area contributed by atoms with Crippen LogP contribution in [-0.2, 0) is 11.3 Å². The van der Waals surface area contributed by atoms with Crippen LogP contribution in [0.3, 0.4) is 0 Å². The largest absolute Gasteiger partial charge is 0.380 e. The lowest BCUT2D eigenvalue weighted by Crippen LogP contribution is -2.36. The fourth-order valence-electron chi connectivity index (χ4n) is 2.01. The van der Waals surface area contributed by atoms with Crippen LogP contribution in [0.15, 0.2) is 18.2 Å². The Kier molecular flexibility index (Phi) is 4.52. The molecule has 1 N–H and O–H groups in total. The van der Waals surface area contributed by atoms with E-state index in [1.165, 1.54) is 6.07 Å².